The second kappa shape index (κ2) is 10.5. The number of pyridine rings is 1. The zero-order valence-corrected chi connectivity index (χ0v) is 23.8. The predicted molar refractivity (Wildman–Crippen MR) is 156 cm³/mol. The molecule has 208 valence electrons. The van der Waals surface area contributed by atoms with Crippen molar-refractivity contribution < 1.29 is 14.4 Å². The van der Waals surface area contributed by atoms with E-state index >= 15 is 0 Å². The fraction of sp³-hybridized carbons (Fsp3) is 0.375. The van der Waals surface area contributed by atoms with Crippen LogP contribution in [0.3, 0.4) is 0 Å². The maximum atomic E-state index is 13.6. The largest absolute Gasteiger partial charge is 0.326 e. The third kappa shape index (κ3) is 4.99. The van der Waals surface area contributed by atoms with E-state index in [2.05, 4.69) is 20.9 Å². The number of nitrogens with one attached hydrogen (secondary N) is 3. The summed E-state index contributed by atoms with van der Waals surface area (Å²) in [6.45, 7) is 8.39. The molecule has 3 aromatic rings. The summed E-state index contributed by atoms with van der Waals surface area (Å²) < 4.78 is 0. The highest BCUT2D eigenvalue weighted by atomic mass is 16.2. The molecule has 1 aliphatic heterocycles. The summed E-state index contributed by atoms with van der Waals surface area (Å²) in [6.07, 6.45) is 2.82. The van der Waals surface area contributed by atoms with Crippen molar-refractivity contribution in [1.29, 1.82) is 0 Å². The van der Waals surface area contributed by atoms with Gasteiger partial charge in [0.2, 0.25) is 17.7 Å². The van der Waals surface area contributed by atoms with E-state index in [-0.39, 0.29) is 17.7 Å². The van der Waals surface area contributed by atoms with Crippen LogP contribution in [0, 0.1) is 5.41 Å². The van der Waals surface area contributed by atoms with Crippen molar-refractivity contribution in [1.82, 2.24) is 15.2 Å². The maximum absolute atomic E-state index is 13.6. The molecule has 5 rings (SSSR count). The van der Waals surface area contributed by atoms with E-state index in [1.54, 1.807) is 18.0 Å². The molecule has 0 bridgehead atoms. The van der Waals surface area contributed by atoms with Crippen LogP contribution in [0.25, 0.3) is 0 Å². The van der Waals surface area contributed by atoms with Gasteiger partial charge in [-0.3, -0.25) is 14.4 Å². The second-order valence-corrected chi connectivity index (χ2v) is 11.9. The summed E-state index contributed by atoms with van der Waals surface area (Å²) in [7, 11) is 1.89. The van der Waals surface area contributed by atoms with Gasteiger partial charge in [0.15, 0.2) is 0 Å². The summed E-state index contributed by atoms with van der Waals surface area (Å²) in [5.74, 6) is 0.239. The Hall–Kier alpha value is -4.04. The summed E-state index contributed by atoms with van der Waals surface area (Å²) in [4.78, 5) is 46.2. The lowest BCUT2D eigenvalue weighted by molar-refractivity contribution is -0.145. The average molecular weight is 540 g/mol. The van der Waals surface area contributed by atoms with Gasteiger partial charge in [-0.15, -0.1) is 0 Å². The summed E-state index contributed by atoms with van der Waals surface area (Å²) >= 11 is 0. The van der Waals surface area contributed by atoms with Gasteiger partial charge in [-0.05, 0) is 67.3 Å². The molecule has 2 heterocycles. The minimum Gasteiger partial charge on any atom is -0.326 e. The normalized spacial score (nSPS) is 18.2. The molecule has 1 aromatic heterocycles. The Morgan fingerprint density at radius 2 is 1.77 bits per heavy atom. The first-order valence-corrected chi connectivity index (χ1v) is 13.8. The fourth-order valence-electron chi connectivity index (χ4n) is 5.81. The summed E-state index contributed by atoms with van der Waals surface area (Å²) in [6, 6.07) is 16.9. The Morgan fingerprint density at radius 1 is 1.05 bits per heavy atom. The van der Waals surface area contributed by atoms with Crippen LogP contribution in [0.4, 0.5) is 11.5 Å². The Kier molecular flexibility index (Phi) is 7.23. The smallest absolute Gasteiger partial charge is 0.246 e. The van der Waals surface area contributed by atoms with Crippen molar-refractivity contribution in [3.05, 3.63) is 88.6 Å². The van der Waals surface area contributed by atoms with Gasteiger partial charge in [0.1, 0.15) is 11.9 Å². The zero-order chi connectivity index (χ0) is 28.7. The van der Waals surface area contributed by atoms with Crippen LogP contribution in [-0.4, -0.2) is 40.7 Å². The molecular weight excluding hydrogens is 502 g/mol. The molecule has 0 radical (unpaired) electrons. The lowest BCUT2D eigenvalue weighted by Gasteiger charge is -2.34. The maximum Gasteiger partial charge on any atom is 0.246 e. The molecule has 2 aromatic carbocycles. The number of rotatable bonds is 7. The van der Waals surface area contributed by atoms with Crippen LogP contribution < -0.4 is 16.0 Å². The van der Waals surface area contributed by atoms with Crippen molar-refractivity contribution in [2.45, 2.75) is 65.1 Å². The molecule has 3 amide bonds. The number of carbonyl (C=O) groups excluding carboxylic acids is 3. The van der Waals surface area contributed by atoms with E-state index in [1.165, 1.54) is 0 Å². The van der Waals surface area contributed by atoms with E-state index in [1.807, 2.05) is 82.4 Å². The van der Waals surface area contributed by atoms with Gasteiger partial charge in [0, 0.05) is 36.0 Å². The van der Waals surface area contributed by atoms with Crippen LogP contribution in [0.1, 0.15) is 55.5 Å². The first kappa shape index (κ1) is 27.5. The molecule has 3 N–H and O–H groups in total. The highest BCUT2D eigenvalue weighted by molar-refractivity contribution is 6.06. The van der Waals surface area contributed by atoms with Gasteiger partial charge >= 0.3 is 0 Å². The van der Waals surface area contributed by atoms with E-state index in [4.69, 9.17) is 0 Å². The van der Waals surface area contributed by atoms with E-state index in [9.17, 15) is 14.4 Å². The highest BCUT2D eigenvalue weighted by Crippen LogP contribution is 2.47. The monoisotopic (exact) mass is 539 g/mol. The van der Waals surface area contributed by atoms with Crippen molar-refractivity contribution in [3.63, 3.8) is 0 Å². The molecule has 0 saturated heterocycles. The molecule has 2 atom stereocenters. The lowest BCUT2D eigenvalue weighted by atomic mass is 9.79. The summed E-state index contributed by atoms with van der Waals surface area (Å²) in [5.41, 5.74) is 4.46. The number of fused-ring (bicyclic) bond motifs is 3. The Morgan fingerprint density at radius 3 is 2.50 bits per heavy atom. The zero-order valence-electron chi connectivity index (χ0n) is 23.8. The Balaban J connectivity index is 1.36. The van der Waals surface area contributed by atoms with Crippen LogP contribution in [0.2, 0.25) is 0 Å². The quantitative estimate of drug-likeness (QED) is 0.418. The second-order valence-electron chi connectivity index (χ2n) is 11.9. The number of amides is 3. The van der Waals surface area contributed by atoms with Gasteiger partial charge in [-0.2, -0.15) is 0 Å². The van der Waals surface area contributed by atoms with Crippen molar-refractivity contribution in [3.8, 4) is 0 Å². The molecule has 0 fully saturated rings. The van der Waals surface area contributed by atoms with E-state index < -0.39 is 16.9 Å². The number of carbonyl (C=O) groups is 3. The van der Waals surface area contributed by atoms with Crippen LogP contribution >= 0.6 is 0 Å². The van der Waals surface area contributed by atoms with Crippen LogP contribution in [0.15, 0.2) is 60.8 Å². The molecular formula is C32H37N5O3. The highest BCUT2D eigenvalue weighted by Gasteiger charge is 2.51. The molecule has 1 aliphatic carbocycles. The predicted octanol–water partition coefficient (Wildman–Crippen LogP) is 4.19. The molecule has 40 heavy (non-hydrogen) atoms. The first-order chi connectivity index (χ1) is 19.0. The molecule has 2 aliphatic rings. The van der Waals surface area contributed by atoms with Crippen molar-refractivity contribution >= 4 is 29.2 Å². The number of nitrogens with zero attached hydrogens (tertiary/aromatic N) is 2. The fourth-order valence-corrected chi connectivity index (χ4v) is 5.81. The third-order valence-corrected chi connectivity index (χ3v) is 8.02. The van der Waals surface area contributed by atoms with Gasteiger partial charge in [0.25, 0.3) is 0 Å². The molecule has 2 unspecified atom stereocenters. The first-order valence-electron chi connectivity index (χ1n) is 13.8. The number of aromatic nitrogens is 1. The Labute approximate surface area is 235 Å². The molecule has 8 nitrogen and oxygen atoms in total. The number of hydrogen-bond donors (Lipinski definition) is 3. The molecule has 0 saturated carbocycles. The van der Waals surface area contributed by atoms with E-state index in [0.717, 1.165) is 27.8 Å². The standard InChI is InChI=1S/C32H37N5O3/c1-20(37(30(40)31(2,3)4)19-23-10-7-6-9-22(23)18-33-5)28(38)35-25-13-12-21-16-32(17-24(21)15-25)26-11-8-14-34-27(26)36-29(32)39/h6-15,20,33H,16-19H2,1-5H3,(H,35,38)(H,34,36,39). The number of benzene rings is 2. The van der Waals surface area contributed by atoms with Crippen molar-refractivity contribution in [2.24, 2.45) is 5.41 Å². The lowest BCUT2D eigenvalue weighted by Crippen LogP contribution is -2.49. The van der Waals surface area contributed by atoms with Crippen LogP contribution in [0.5, 0.6) is 0 Å². The topological polar surface area (TPSA) is 103 Å². The Bertz CT molecular complexity index is 1480. The molecule has 1 spiro atoms. The van der Waals surface area contributed by atoms with Gasteiger partial charge in [-0.25, -0.2) is 4.98 Å². The van der Waals surface area contributed by atoms with Gasteiger partial charge < -0.3 is 20.9 Å². The van der Waals surface area contributed by atoms with Crippen molar-refractivity contribution in [2.75, 3.05) is 17.7 Å². The summed E-state index contributed by atoms with van der Waals surface area (Å²) in [5, 5.41) is 9.14. The SMILES string of the molecule is CNCc1ccccc1CN(C(=O)C(C)(C)C)C(C)C(=O)Nc1ccc2c(c1)CC1(C2)C(=O)Nc2ncccc21. The van der Waals surface area contributed by atoms with Gasteiger partial charge in [0.05, 0.1) is 5.41 Å². The third-order valence-electron chi connectivity index (χ3n) is 8.02. The minimum atomic E-state index is -0.701. The minimum absolute atomic E-state index is 0.0357. The van der Waals surface area contributed by atoms with Gasteiger partial charge in [-0.1, -0.05) is 57.2 Å². The van der Waals surface area contributed by atoms with E-state index in [0.29, 0.717) is 37.4 Å². The average Bonchev–Trinajstić information content (AvgIpc) is 3.44. The number of hydrogen-bond acceptors (Lipinski definition) is 5. The molecule has 8 heteroatoms. The number of anilines is 2. The van der Waals surface area contributed by atoms with Crippen LogP contribution in [-0.2, 0) is 45.7 Å².